The lowest BCUT2D eigenvalue weighted by molar-refractivity contribution is -0.124. The molecule has 0 unspecified atom stereocenters. The second kappa shape index (κ2) is 8.38. The zero-order valence-corrected chi connectivity index (χ0v) is 15.5. The van der Waals surface area contributed by atoms with Gasteiger partial charge in [-0.25, -0.2) is 0 Å². The fourth-order valence-corrected chi connectivity index (χ4v) is 2.67. The third-order valence-electron chi connectivity index (χ3n) is 4.09. The van der Waals surface area contributed by atoms with Crippen LogP contribution in [0.3, 0.4) is 0 Å². The molecule has 2 heterocycles. The number of nitrogens with zero attached hydrogens (tertiary/aromatic N) is 1. The van der Waals surface area contributed by atoms with Crippen LogP contribution in [0.2, 0.25) is 0 Å². The van der Waals surface area contributed by atoms with Crippen LogP contribution in [-0.2, 0) is 16.0 Å². The number of aromatic nitrogens is 2. The first-order valence-electron chi connectivity index (χ1n) is 8.64. The molecule has 3 N–H and O–H groups in total. The zero-order valence-electron chi connectivity index (χ0n) is 15.5. The van der Waals surface area contributed by atoms with E-state index in [2.05, 4.69) is 20.8 Å². The number of carbonyl (C=O) groups excluding carboxylic acids is 2. The summed E-state index contributed by atoms with van der Waals surface area (Å²) >= 11 is 0. The second-order valence-electron chi connectivity index (χ2n) is 6.22. The van der Waals surface area contributed by atoms with Crippen LogP contribution in [0, 0.1) is 6.92 Å². The molecule has 0 saturated heterocycles. The SMILES string of the molecule is COc1ccc2cc(CCC(=O)NCC(=O)Nc3cc(C)on3)c(=O)[nH]c2c1. The van der Waals surface area contributed by atoms with Crippen molar-refractivity contribution in [2.24, 2.45) is 0 Å². The summed E-state index contributed by atoms with van der Waals surface area (Å²) in [6.07, 6.45) is 0.342. The molecule has 2 aromatic heterocycles. The van der Waals surface area contributed by atoms with Gasteiger partial charge in [0, 0.05) is 24.1 Å². The van der Waals surface area contributed by atoms with Gasteiger partial charge in [0.15, 0.2) is 5.82 Å². The number of pyridine rings is 1. The highest BCUT2D eigenvalue weighted by Crippen LogP contribution is 2.18. The molecular formula is C19H20N4O5. The Kier molecular flexibility index (Phi) is 5.73. The van der Waals surface area contributed by atoms with Gasteiger partial charge in [0.1, 0.15) is 11.5 Å². The van der Waals surface area contributed by atoms with Crippen molar-refractivity contribution >= 4 is 28.5 Å². The average Bonchev–Trinajstić information content (AvgIpc) is 3.08. The smallest absolute Gasteiger partial charge is 0.251 e. The number of methoxy groups -OCH3 is 1. The van der Waals surface area contributed by atoms with E-state index in [9.17, 15) is 14.4 Å². The molecule has 0 saturated carbocycles. The van der Waals surface area contributed by atoms with Gasteiger partial charge < -0.3 is 24.9 Å². The van der Waals surface area contributed by atoms with Crippen LogP contribution in [0.5, 0.6) is 5.75 Å². The van der Waals surface area contributed by atoms with E-state index < -0.39 is 5.91 Å². The molecule has 3 aromatic rings. The first kappa shape index (κ1) is 19.2. The summed E-state index contributed by atoms with van der Waals surface area (Å²) in [5, 5.41) is 9.50. The van der Waals surface area contributed by atoms with Gasteiger partial charge in [-0.05, 0) is 36.9 Å². The summed E-state index contributed by atoms with van der Waals surface area (Å²) in [6.45, 7) is 1.51. The van der Waals surface area contributed by atoms with Crippen LogP contribution in [0.1, 0.15) is 17.7 Å². The van der Waals surface area contributed by atoms with Crippen LogP contribution in [0.25, 0.3) is 10.9 Å². The number of fused-ring (bicyclic) bond motifs is 1. The Morgan fingerprint density at radius 2 is 2.04 bits per heavy atom. The Hall–Kier alpha value is -3.62. The molecule has 3 rings (SSSR count). The lowest BCUT2D eigenvalue weighted by Crippen LogP contribution is -2.33. The normalized spacial score (nSPS) is 10.6. The van der Waals surface area contributed by atoms with Gasteiger partial charge in [-0.1, -0.05) is 5.16 Å². The highest BCUT2D eigenvalue weighted by atomic mass is 16.5. The molecule has 2 amide bonds. The van der Waals surface area contributed by atoms with Crippen molar-refractivity contribution in [2.75, 3.05) is 19.0 Å². The number of hydrogen-bond acceptors (Lipinski definition) is 6. The summed E-state index contributed by atoms with van der Waals surface area (Å²) in [5.74, 6) is 0.753. The van der Waals surface area contributed by atoms with Crippen LogP contribution < -0.4 is 20.9 Å². The van der Waals surface area contributed by atoms with Gasteiger partial charge >= 0.3 is 0 Å². The average molecular weight is 384 g/mol. The van der Waals surface area contributed by atoms with E-state index in [1.807, 2.05) is 6.07 Å². The minimum atomic E-state index is -0.417. The largest absolute Gasteiger partial charge is 0.497 e. The molecule has 9 nitrogen and oxygen atoms in total. The Morgan fingerprint density at radius 3 is 2.75 bits per heavy atom. The summed E-state index contributed by atoms with van der Waals surface area (Å²) in [5.41, 5.74) is 0.903. The van der Waals surface area contributed by atoms with Crippen LogP contribution in [0.4, 0.5) is 5.82 Å². The van der Waals surface area contributed by atoms with Gasteiger partial charge in [0.2, 0.25) is 11.8 Å². The van der Waals surface area contributed by atoms with Crippen molar-refractivity contribution < 1.29 is 18.8 Å². The van der Waals surface area contributed by atoms with Gasteiger partial charge in [-0.3, -0.25) is 14.4 Å². The number of nitrogens with one attached hydrogen (secondary N) is 3. The molecular weight excluding hydrogens is 364 g/mol. The summed E-state index contributed by atoms with van der Waals surface area (Å²) in [6, 6.07) is 8.69. The van der Waals surface area contributed by atoms with Crippen molar-refractivity contribution in [1.29, 1.82) is 0 Å². The third-order valence-corrected chi connectivity index (χ3v) is 4.09. The van der Waals surface area contributed by atoms with E-state index in [1.165, 1.54) is 0 Å². The first-order chi connectivity index (χ1) is 13.4. The van der Waals surface area contributed by atoms with Gasteiger partial charge in [-0.15, -0.1) is 0 Å². The molecule has 28 heavy (non-hydrogen) atoms. The molecule has 1 aromatic carbocycles. The number of rotatable bonds is 7. The first-order valence-corrected chi connectivity index (χ1v) is 8.64. The number of hydrogen-bond donors (Lipinski definition) is 3. The molecule has 0 aliphatic rings. The molecule has 0 aliphatic heterocycles. The lowest BCUT2D eigenvalue weighted by Gasteiger charge is -2.07. The van der Waals surface area contributed by atoms with Gasteiger partial charge in [-0.2, -0.15) is 0 Å². The summed E-state index contributed by atoms with van der Waals surface area (Å²) in [7, 11) is 1.55. The molecule has 0 aliphatic carbocycles. The van der Waals surface area contributed by atoms with E-state index in [0.717, 1.165) is 5.39 Å². The highest BCUT2D eigenvalue weighted by Gasteiger charge is 2.10. The lowest BCUT2D eigenvalue weighted by atomic mass is 10.1. The molecule has 0 radical (unpaired) electrons. The third kappa shape index (κ3) is 4.76. The minimum absolute atomic E-state index is 0.0844. The molecule has 146 valence electrons. The predicted octanol–water partition coefficient (Wildman–Crippen LogP) is 1.52. The number of amides is 2. The van der Waals surface area contributed by atoms with Crippen LogP contribution in [-0.4, -0.2) is 35.6 Å². The summed E-state index contributed by atoms with van der Waals surface area (Å²) < 4.78 is 9.98. The van der Waals surface area contributed by atoms with E-state index in [4.69, 9.17) is 9.26 Å². The Balaban J connectivity index is 1.53. The maximum atomic E-state index is 12.2. The van der Waals surface area contributed by atoms with Crippen molar-refractivity contribution in [3.05, 3.63) is 52.0 Å². The Labute approximate surface area is 160 Å². The molecule has 0 bridgehead atoms. The van der Waals surface area contributed by atoms with Crippen molar-refractivity contribution in [2.45, 2.75) is 19.8 Å². The topological polar surface area (TPSA) is 126 Å². The molecule has 0 atom stereocenters. The van der Waals surface area contributed by atoms with Crippen LogP contribution in [0.15, 0.2) is 39.6 Å². The Bertz CT molecular complexity index is 1070. The van der Waals surface area contributed by atoms with E-state index in [1.54, 1.807) is 38.3 Å². The molecule has 0 spiro atoms. The van der Waals surface area contributed by atoms with Crippen molar-refractivity contribution in [3.63, 3.8) is 0 Å². The fourth-order valence-electron chi connectivity index (χ4n) is 2.67. The number of aromatic amines is 1. The minimum Gasteiger partial charge on any atom is -0.497 e. The summed E-state index contributed by atoms with van der Waals surface area (Å²) in [4.78, 5) is 38.8. The van der Waals surface area contributed by atoms with E-state index in [0.29, 0.717) is 22.6 Å². The zero-order chi connectivity index (χ0) is 20.1. The van der Waals surface area contributed by atoms with Crippen molar-refractivity contribution in [3.8, 4) is 5.75 Å². The standard InChI is InChI=1S/C19H20N4O5/c1-11-7-16(23-28-11)22-18(25)10-20-17(24)6-4-13-8-12-3-5-14(27-2)9-15(12)21-19(13)26/h3,5,7-9H,4,6,10H2,1-2H3,(H,20,24)(H,21,26)(H,22,23,25). The van der Waals surface area contributed by atoms with Crippen LogP contribution >= 0.6 is 0 Å². The fraction of sp³-hybridized carbons (Fsp3) is 0.263. The van der Waals surface area contributed by atoms with Gasteiger partial charge in [0.05, 0.1) is 19.2 Å². The van der Waals surface area contributed by atoms with Gasteiger partial charge in [0.25, 0.3) is 5.56 Å². The number of aryl methyl sites for hydroxylation is 2. The second-order valence-corrected chi connectivity index (χ2v) is 6.22. The number of anilines is 1. The number of carbonyl (C=O) groups is 2. The van der Waals surface area contributed by atoms with E-state index >= 15 is 0 Å². The molecule has 0 fully saturated rings. The molecule has 9 heteroatoms. The highest BCUT2D eigenvalue weighted by molar-refractivity contribution is 5.93. The maximum Gasteiger partial charge on any atom is 0.251 e. The Morgan fingerprint density at radius 1 is 1.21 bits per heavy atom. The number of ether oxygens (including phenoxy) is 1. The monoisotopic (exact) mass is 384 g/mol. The van der Waals surface area contributed by atoms with E-state index in [-0.39, 0.29) is 36.7 Å². The number of H-pyrrole nitrogens is 1. The quantitative estimate of drug-likeness (QED) is 0.567. The van der Waals surface area contributed by atoms with Crippen molar-refractivity contribution in [1.82, 2.24) is 15.5 Å². The number of benzene rings is 1. The maximum absolute atomic E-state index is 12.2. The predicted molar refractivity (Wildman–Crippen MR) is 102 cm³/mol.